The van der Waals surface area contributed by atoms with Gasteiger partial charge >= 0.3 is 0 Å². The summed E-state index contributed by atoms with van der Waals surface area (Å²) in [5.74, 6) is -0.659. The Morgan fingerprint density at radius 2 is 1.81 bits per heavy atom. The molecule has 0 saturated carbocycles. The van der Waals surface area contributed by atoms with Crippen molar-refractivity contribution in [1.29, 1.82) is 0 Å². The summed E-state index contributed by atoms with van der Waals surface area (Å²) in [6.45, 7) is 1.41. The van der Waals surface area contributed by atoms with Gasteiger partial charge in [0.05, 0.1) is 0 Å². The third-order valence-electron chi connectivity index (χ3n) is 2.84. The summed E-state index contributed by atoms with van der Waals surface area (Å²) in [6, 6.07) is 5.37. The Morgan fingerprint density at radius 1 is 1.25 bits per heavy atom. The monoisotopic (exact) mass is 223 g/mol. The van der Waals surface area contributed by atoms with E-state index < -0.39 is 6.10 Å². The summed E-state index contributed by atoms with van der Waals surface area (Å²) in [5, 5.41) is 9.83. The van der Waals surface area contributed by atoms with E-state index in [1.165, 1.54) is 24.3 Å². The highest BCUT2D eigenvalue weighted by Gasteiger charge is 2.25. The van der Waals surface area contributed by atoms with Crippen LogP contribution in [0.1, 0.15) is 24.5 Å². The SMILES string of the molecule is O=C(C(O)c1ccc(F)cc1)N1CCCC1. The Morgan fingerprint density at radius 3 is 2.38 bits per heavy atom. The maximum absolute atomic E-state index is 12.7. The number of likely N-dealkylation sites (tertiary alicyclic amines) is 1. The maximum atomic E-state index is 12.7. The number of aliphatic hydroxyl groups excluding tert-OH is 1. The molecule has 1 fully saturated rings. The van der Waals surface area contributed by atoms with E-state index in [-0.39, 0.29) is 11.7 Å². The zero-order valence-corrected chi connectivity index (χ0v) is 8.90. The molecule has 1 unspecified atom stereocenters. The number of carbonyl (C=O) groups is 1. The zero-order chi connectivity index (χ0) is 11.5. The molecular formula is C12H14FNO2. The molecule has 86 valence electrons. The number of rotatable bonds is 2. The molecule has 1 aromatic carbocycles. The van der Waals surface area contributed by atoms with Crippen LogP contribution >= 0.6 is 0 Å². The first-order valence-corrected chi connectivity index (χ1v) is 5.41. The highest BCUT2D eigenvalue weighted by Crippen LogP contribution is 2.19. The summed E-state index contributed by atoms with van der Waals surface area (Å²) in [7, 11) is 0. The van der Waals surface area contributed by atoms with Crippen LogP contribution in [0.5, 0.6) is 0 Å². The van der Waals surface area contributed by atoms with Gasteiger partial charge in [-0.05, 0) is 30.5 Å². The fourth-order valence-electron chi connectivity index (χ4n) is 1.90. The summed E-state index contributed by atoms with van der Waals surface area (Å²) in [6.07, 6.45) is 0.808. The molecule has 4 heteroatoms. The highest BCUT2D eigenvalue weighted by atomic mass is 19.1. The highest BCUT2D eigenvalue weighted by molar-refractivity contribution is 5.82. The largest absolute Gasteiger partial charge is 0.378 e. The van der Waals surface area contributed by atoms with Crippen molar-refractivity contribution in [1.82, 2.24) is 4.90 Å². The van der Waals surface area contributed by atoms with Gasteiger partial charge in [0.1, 0.15) is 5.82 Å². The molecule has 0 spiro atoms. The van der Waals surface area contributed by atoms with Crippen molar-refractivity contribution in [2.45, 2.75) is 18.9 Å². The van der Waals surface area contributed by atoms with Crippen LogP contribution in [0.15, 0.2) is 24.3 Å². The number of aliphatic hydroxyl groups is 1. The summed E-state index contributed by atoms with van der Waals surface area (Å²) in [4.78, 5) is 13.5. The van der Waals surface area contributed by atoms with Gasteiger partial charge in [0, 0.05) is 13.1 Å². The lowest BCUT2D eigenvalue weighted by Crippen LogP contribution is -2.32. The molecule has 1 N–H and O–H groups in total. The lowest BCUT2D eigenvalue weighted by Gasteiger charge is -2.19. The van der Waals surface area contributed by atoms with Crippen molar-refractivity contribution in [3.8, 4) is 0 Å². The van der Waals surface area contributed by atoms with Gasteiger partial charge in [-0.1, -0.05) is 12.1 Å². The van der Waals surface area contributed by atoms with Gasteiger partial charge in [-0.25, -0.2) is 4.39 Å². The van der Waals surface area contributed by atoms with Crippen LogP contribution in [0.4, 0.5) is 4.39 Å². The maximum Gasteiger partial charge on any atom is 0.256 e. The van der Waals surface area contributed by atoms with Crippen molar-refractivity contribution in [3.63, 3.8) is 0 Å². The minimum absolute atomic E-state index is 0.288. The van der Waals surface area contributed by atoms with Gasteiger partial charge in [-0.15, -0.1) is 0 Å². The van der Waals surface area contributed by atoms with Gasteiger partial charge in [0.15, 0.2) is 6.10 Å². The van der Waals surface area contributed by atoms with Crippen LogP contribution in [-0.4, -0.2) is 29.0 Å². The standard InChI is InChI=1S/C12H14FNO2/c13-10-5-3-9(4-6-10)11(15)12(16)14-7-1-2-8-14/h3-6,11,15H,1-2,7-8H2. The Hall–Kier alpha value is -1.42. The average molecular weight is 223 g/mol. The Kier molecular flexibility index (Phi) is 3.19. The molecule has 1 saturated heterocycles. The topological polar surface area (TPSA) is 40.5 Å². The molecule has 3 nitrogen and oxygen atoms in total. The summed E-state index contributed by atoms with van der Waals surface area (Å²) < 4.78 is 12.7. The average Bonchev–Trinajstić information content (AvgIpc) is 2.81. The third-order valence-corrected chi connectivity index (χ3v) is 2.84. The second-order valence-corrected chi connectivity index (χ2v) is 3.99. The summed E-state index contributed by atoms with van der Waals surface area (Å²) >= 11 is 0. The molecule has 1 aliphatic rings. The van der Waals surface area contributed by atoms with Gasteiger partial charge in [0.2, 0.25) is 0 Å². The lowest BCUT2D eigenvalue weighted by molar-refractivity contribution is -0.139. The fourth-order valence-corrected chi connectivity index (χ4v) is 1.90. The van der Waals surface area contributed by atoms with Crippen molar-refractivity contribution in [2.75, 3.05) is 13.1 Å². The number of amides is 1. The molecule has 1 heterocycles. The number of hydrogen-bond donors (Lipinski definition) is 1. The first kappa shape index (κ1) is 11.1. The van der Waals surface area contributed by atoms with Crippen molar-refractivity contribution in [3.05, 3.63) is 35.6 Å². The van der Waals surface area contributed by atoms with Crippen LogP contribution in [-0.2, 0) is 4.79 Å². The van der Waals surface area contributed by atoms with E-state index in [0.29, 0.717) is 18.7 Å². The molecule has 16 heavy (non-hydrogen) atoms. The molecule has 1 amide bonds. The van der Waals surface area contributed by atoms with Crippen LogP contribution in [0, 0.1) is 5.82 Å². The number of nitrogens with zero attached hydrogens (tertiary/aromatic N) is 1. The van der Waals surface area contributed by atoms with Crippen LogP contribution in [0.2, 0.25) is 0 Å². The first-order chi connectivity index (χ1) is 7.68. The van der Waals surface area contributed by atoms with Crippen LogP contribution in [0.25, 0.3) is 0 Å². The molecule has 0 radical (unpaired) electrons. The lowest BCUT2D eigenvalue weighted by atomic mass is 10.1. The number of hydrogen-bond acceptors (Lipinski definition) is 2. The molecule has 1 atom stereocenters. The molecule has 2 rings (SSSR count). The van der Waals surface area contributed by atoms with Crippen LogP contribution in [0.3, 0.4) is 0 Å². The second kappa shape index (κ2) is 4.61. The smallest absolute Gasteiger partial charge is 0.256 e. The van der Waals surface area contributed by atoms with Gasteiger partial charge in [0.25, 0.3) is 5.91 Å². The Balaban J connectivity index is 2.08. The molecule has 0 aliphatic carbocycles. The normalized spacial score (nSPS) is 17.5. The van der Waals surface area contributed by atoms with Crippen molar-refractivity contribution >= 4 is 5.91 Å². The third kappa shape index (κ3) is 2.22. The number of carbonyl (C=O) groups excluding carboxylic acids is 1. The van der Waals surface area contributed by atoms with E-state index in [4.69, 9.17) is 0 Å². The number of halogens is 1. The first-order valence-electron chi connectivity index (χ1n) is 5.41. The fraction of sp³-hybridized carbons (Fsp3) is 0.417. The molecule has 0 aromatic heterocycles. The van der Waals surface area contributed by atoms with E-state index in [1.54, 1.807) is 4.90 Å². The number of benzene rings is 1. The predicted molar refractivity (Wildman–Crippen MR) is 57.2 cm³/mol. The minimum Gasteiger partial charge on any atom is -0.378 e. The molecule has 1 aromatic rings. The van der Waals surface area contributed by atoms with E-state index >= 15 is 0 Å². The van der Waals surface area contributed by atoms with Crippen molar-refractivity contribution in [2.24, 2.45) is 0 Å². The zero-order valence-electron chi connectivity index (χ0n) is 8.90. The minimum atomic E-state index is -1.17. The quantitative estimate of drug-likeness (QED) is 0.825. The van der Waals surface area contributed by atoms with Crippen molar-refractivity contribution < 1.29 is 14.3 Å². The van der Waals surface area contributed by atoms with E-state index in [2.05, 4.69) is 0 Å². The molecule has 0 bridgehead atoms. The van der Waals surface area contributed by atoms with E-state index in [9.17, 15) is 14.3 Å². The van der Waals surface area contributed by atoms with E-state index in [1.807, 2.05) is 0 Å². The molecule has 1 aliphatic heterocycles. The van der Waals surface area contributed by atoms with Gasteiger partial charge in [-0.3, -0.25) is 4.79 Å². The van der Waals surface area contributed by atoms with Gasteiger partial charge < -0.3 is 10.0 Å². The Bertz CT molecular complexity index is 371. The van der Waals surface area contributed by atoms with Crippen LogP contribution < -0.4 is 0 Å². The predicted octanol–water partition coefficient (Wildman–Crippen LogP) is 1.48. The van der Waals surface area contributed by atoms with E-state index in [0.717, 1.165) is 12.8 Å². The molecular weight excluding hydrogens is 209 g/mol. The second-order valence-electron chi connectivity index (χ2n) is 3.99. The Labute approximate surface area is 93.5 Å². The van der Waals surface area contributed by atoms with Gasteiger partial charge in [-0.2, -0.15) is 0 Å². The summed E-state index contributed by atoms with van der Waals surface area (Å²) in [5.41, 5.74) is 0.443.